The van der Waals surface area contributed by atoms with E-state index in [1.165, 1.54) is 11.8 Å². The standard InChI is InChI=1S/C17H14BrN3OS/c1-10(15(19)22)23-17-13-4-2-3-5-14(13)20-16(21-17)11-6-8-12(18)9-7-11/h2-10H,1H3,(H2,19,22)/t10-/m0/s1. The molecule has 0 spiro atoms. The van der Waals surface area contributed by atoms with Gasteiger partial charge < -0.3 is 5.73 Å². The summed E-state index contributed by atoms with van der Waals surface area (Å²) in [6.45, 7) is 1.78. The molecule has 0 aliphatic carbocycles. The number of thioether (sulfide) groups is 1. The summed E-state index contributed by atoms with van der Waals surface area (Å²) in [4.78, 5) is 20.7. The van der Waals surface area contributed by atoms with Crippen molar-refractivity contribution in [2.75, 3.05) is 0 Å². The first-order valence-electron chi connectivity index (χ1n) is 7.03. The van der Waals surface area contributed by atoms with Gasteiger partial charge in [-0.2, -0.15) is 0 Å². The molecule has 23 heavy (non-hydrogen) atoms. The van der Waals surface area contributed by atoms with Crippen molar-refractivity contribution in [3.8, 4) is 11.4 Å². The van der Waals surface area contributed by atoms with E-state index >= 15 is 0 Å². The summed E-state index contributed by atoms with van der Waals surface area (Å²) < 4.78 is 0.999. The van der Waals surface area contributed by atoms with Crippen LogP contribution in [-0.2, 0) is 4.79 Å². The molecule has 3 aromatic rings. The maximum atomic E-state index is 11.4. The van der Waals surface area contributed by atoms with E-state index in [4.69, 9.17) is 5.73 Å². The average Bonchev–Trinajstić information content (AvgIpc) is 2.55. The van der Waals surface area contributed by atoms with Crippen LogP contribution < -0.4 is 5.73 Å². The van der Waals surface area contributed by atoms with Gasteiger partial charge in [0.05, 0.1) is 10.8 Å². The molecule has 0 saturated carbocycles. The number of aromatic nitrogens is 2. The van der Waals surface area contributed by atoms with Crippen LogP contribution in [-0.4, -0.2) is 21.1 Å². The third kappa shape index (κ3) is 3.54. The van der Waals surface area contributed by atoms with E-state index in [0.29, 0.717) is 5.82 Å². The molecule has 0 aliphatic rings. The number of benzene rings is 2. The summed E-state index contributed by atoms with van der Waals surface area (Å²) in [5, 5.41) is 1.33. The lowest BCUT2D eigenvalue weighted by Gasteiger charge is -2.11. The monoisotopic (exact) mass is 387 g/mol. The van der Waals surface area contributed by atoms with Crippen LogP contribution in [0.15, 0.2) is 58.0 Å². The molecule has 1 heterocycles. The predicted molar refractivity (Wildman–Crippen MR) is 97.2 cm³/mol. The lowest BCUT2D eigenvalue weighted by Crippen LogP contribution is -2.22. The Balaban J connectivity index is 2.13. The van der Waals surface area contributed by atoms with Gasteiger partial charge in [0, 0.05) is 15.4 Å². The fourth-order valence-corrected chi connectivity index (χ4v) is 3.25. The number of hydrogen-bond donors (Lipinski definition) is 1. The molecule has 1 amide bonds. The molecule has 116 valence electrons. The molecule has 2 N–H and O–H groups in total. The Bertz CT molecular complexity index is 867. The van der Waals surface area contributed by atoms with Crippen LogP contribution >= 0.6 is 27.7 Å². The van der Waals surface area contributed by atoms with Crippen molar-refractivity contribution < 1.29 is 4.79 Å². The molecule has 3 rings (SSSR count). The molecule has 0 saturated heterocycles. The summed E-state index contributed by atoms with van der Waals surface area (Å²) in [7, 11) is 0. The number of halogens is 1. The number of amides is 1. The maximum Gasteiger partial charge on any atom is 0.230 e. The number of para-hydroxylation sites is 1. The second-order valence-electron chi connectivity index (χ2n) is 5.04. The molecular weight excluding hydrogens is 374 g/mol. The second kappa shape index (κ2) is 6.68. The Morgan fingerprint density at radius 1 is 1.13 bits per heavy atom. The van der Waals surface area contributed by atoms with Gasteiger partial charge in [-0.15, -0.1) is 0 Å². The van der Waals surface area contributed by atoms with Crippen molar-refractivity contribution >= 4 is 44.5 Å². The number of nitrogens with two attached hydrogens (primary N) is 1. The summed E-state index contributed by atoms with van der Waals surface area (Å²) in [6.07, 6.45) is 0. The van der Waals surface area contributed by atoms with Gasteiger partial charge in [-0.3, -0.25) is 4.79 Å². The predicted octanol–water partition coefficient (Wildman–Crippen LogP) is 4.03. The zero-order valence-corrected chi connectivity index (χ0v) is 14.8. The SMILES string of the molecule is C[C@H](Sc1nc(-c2ccc(Br)cc2)nc2ccccc12)C(N)=O. The highest BCUT2D eigenvalue weighted by atomic mass is 79.9. The number of fused-ring (bicyclic) bond motifs is 1. The molecule has 1 atom stereocenters. The molecule has 0 radical (unpaired) electrons. The zero-order chi connectivity index (χ0) is 16.4. The van der Waals surface area contributed by atoms with Crippen molar-refractivity contribution in [2.45, 2.75) is 17.2 Å². The number of carbonyl (C=O) groups excluding carboxylic acids is 1. The van der Waals surface area contributed by atoms with Crippen molar-refractivity contribution in [1.29, 1.82) is 0 Å². The smallest absolute Gasteiger partial charge is 0.230 e. The highest BCUT2D eigenvalue weighted by Crippen LogP contribution is 2.31. The number of rotatable bonds is 4. The number of primary amides is 1. The number of carbonyl (C=O) groups is 1. The van der Waals surface area contributed by atoms with Crippen LogP contribution in [0.4, 0.5) is 0 Å². The van der Waals surface area contributed by atoms with E-state index in [-0.39, 0.29) is 11.2 Å². The van der Waals surface area contributed by atoms with Gasteiger partial charge in [-0.05, 0) is 25.1 Å². The Morgan fingerprint density at radius 3 is 2.52 bits per heavy atom. The van der Waals surface area contributed by atoms with Crippen molar-refractivity contribution in [3.05, 3.63) is 53.0 Å². The molecule has 6 heteroatoms. The quantitative estimate of drug-likeness (QED) is 0.541. The van der Waals surface area contributed by atoms with Crippen LogP contribution in [0.3, 0.4) is 0 Å². The molecule has 0 aliphatic heterocycles. The van der Waals surface area contributed by atoms with E-state index in [2.05, 4.69) is 25.9 Å². The third-order valence-corrected chi connectivity index (χ3v) is 5.01. The molecule has 0 fully saturated rings. The van der Waals surface area contributed by atoms with Gasteiger partial charge in [0.1, 0.15) is 5.03 Å². The first-order chi connectivity index (χ1) is 11.0. The lowest BCUT2D eigenvalue weighted by molar-refractivity contribution is -0.117. The van der Waals surface area contributed by atoms with Gasteiger partial charge >= 0.3 is 0 Å². The van der Waals surface area contributed by atoms with E-state index in [1.54, 1.807) is 6.92 Å². The van der Waals surface area contributed by atoms with Crippen LogP contribution in [0.1, 0.15) is 6.92 Å². The van der Waals surface area contributed by atoms with Crippen molar-refractivity contribution in [3.63, 3.8) is 0 Å². The van der Waals surface area contributed by atoms with E-state index in [9.17, 15) is 4.79 Å². The van der Waals surface area contributed by atoms with Gasteiger partial charge in [0.25, 0.3) is 0 Å². The minimum Gasteiger partial charge on any atom is -0.369 e. The van der Waals surface area contributed by atoms with Gasteiger partial charge in [0.2, 0.25) is 5.91 Å². The van der Waals surface area contributed by atoms with Gasteiger partial charge in [-0.25, -0.2) is 9.97 Å². The number of nitrogens with zero attached hydrogens (tertiary/aromatic N) is 2. The molecular formula is C17H14BrN3OS. The van der Waals surface area contributed by atoms with Crippen molar-refractivity contribution in [2.24, 2.45) is 5.73 Å². The molecule has 0 bridgehead atoms. The summed E-state index contributed by atoms with van der Waals surface area (Å²) >= 11 is 4.78. The van der Waals surface area contributed by atoms with Crippen LogP contribution in [0.2, 0.25) is 0 Å². The maximum absolute atomic E-state index is 11.4. The summed E-state index contributed by atoms with van der Waals surface area (Å²) in [5.41, 5.74) is 7.16. The molecule has 4 nitrogen and oxygen atoms in total. The fraction of sp³-hybridized carbons (Fsp3) is 0.118. The van der Waals surface area contributed by atoms with Crippen LogP contribution in [0.25, 0.3) is 22.3 Å². The van der Waals surface area contributed by atoms with Crippen LogP contribution in [0, 0.1) is 0 Å². The average molecular weight is 388 g/mol. The Kier molecular flexibility index (Phi) is 4.63. The minimum atomic E-state index is -0.358. The fourth-order valence-electron chi connectivity index (χ4n) is 2.09. The number of hydrogen-bond acceptors (Lipinski definition) is 4. The van der Waals surface area contributed by atoms with Crippen LogP contribution in [0.5, 0.6) is 0 Å². The largest absolute Gasteiger partial charge is 0.369 e. The lowest BCUT2D eigenvalue weighted by atomic mass is 10.2. The molecule has 2 aromatic carbocycles. The zero-order valence-electron chi connectivity index (χ0n) is 12.4. The highest BCUT2D eigenvalue weighted by Gasteiger charge is 2.16. The molecule has 0 unspecified atom stereocenters. The first-order valence-corrected chi connectivity index (χ1v) is 8.70. The second-order valence-corrected chi connectivity index (χ2v) is 7.28. The summed E-state index contributed by atoms with van der Waals surface area (Å²) in [6, 6.07) is 15.6. The summed E-state index contributed by atoms with van der Waals surface area (Å²) in [5.74, 6) is 0.276. The van der Waals surface area contributed by atoms with Gasteiger partial charge in [0.15, 0.2) is 5.82 Å². The highest BCUT2D eigenvalue weighted by molar-refractivity contribution is 9.10. The Morgan fingerprint density at radius 2 is 1.83 bits per heavy atom. The van der Waals surface area contributed by atoms with Crippen molar-refractivity contribution in [1.82, 2.24) is 9.97 Å². The normalized spacial score (nSPS) is 12.3. The molecule has 1 aromatic heterocycles. The Hall–Kier alpha value is -1.92. The van der Waals surface area contributed by atoms with Gasteiger partial charge in [-0.1, -0.05) is 58.0 Å². The topological polar surface area (TPSA) is 68.9 Å². The Labute approximate surface area is 146 Å². The van der Waals surface area contributed by atoms with E-state index in [1.807, 2.05) is 48.5 Å². The third-order valence-electron chi connectivity index (χ3n) is 3.36. The first kappa shape index (κ1) is 16.0. The minimum absolute atomic E-state index is 0.355. The van der Waals surface area contributed by atoms with E-state index in [0.717, 1.165) is 26.0 Å². The van der Waals surface area contributed by atoms with E-state index < -0.39 is 0 Å².